The number of non-ortho nitro benzene ring substituents is 1. The van der Waals surface area contributed by atoms with E-state index in [1.165, 1.54) is 36.0 Å². The highest BCUT2D eigenvalue weighted by molar-refractivity contribution is 8.02. The summed E-state index contributed by atoms with van der Waals surface area (Å²) in [5.74, 6) is -0.286. The van der Waals surface area contributed by atoms with Crippen LogP contribution in [0.4, 0.5) is 16.2 Å². The molecule has 1 aliphatic heterocycles. The molecule has 2 rings (SSSR count). The Morgan fingerprint density at radius 2 is 2.26 bits per heavy atom. The molecule has 0 aromatic heterocycles. The zero-order valence-electron chi connectivity index (χ0n) is 12.0. The Morgan fingerprint density at radius 3 is 2.91 bits per heavy atom. The van der Waals surface area contributed by atoms with E-state index in [9.17, 15) is 23.3 Å². The molecule has 1 saturated heterocycles. The van der Waals surface area contributed by atoms with E-state index in [2.05, 4.69) is 15.3 Å². The van der Waals surface area contributed by atoms with Gasteiger partial charge in [0.05, 0.1) is 33.1 Å². The summed E-state index contributed by atoms with van der Waals surface area (Å²) in [7, 11) is -3.22. The van der Waals surface area contributed by atoms with Crippen molar-refractivity contribution in [2.75, 3.05) is 23.1 Å². The second-order valence-electron chi connectivity index (χ2n) is 4.67. The quantitative estimate of drug-likeness (QED) is 0.492. The SMILES string of the molecule is CSC1CS(=O)(=O)C/C1=N/OC(=O)Nc1cccc([N+](=O)[O-])c1. The van der Waals surface area contributed by atoms with E-state index in [-0.39, 0.29) is 33.8 Å². The number of carbonyl (C=O) groups excluding carboxylic acids is 1. The molecular weight excluding hydrogens is 346 g/mol. The van der Waals surface area contributed by atoms with Crippen LogP contribution in [0.15, 0.2) is 29.4 Å². The Labute approximate surface area is 136 Å². The summed E-state index contributed by atoms with van der Waals surface area (Å²) in [5, 5.41) is 16.2. The molecule has 0 aliphatic carbocycles. The molecule has 124 valence electrons. The molecule has 11 heteroatoms. The van der Waals surface area contributed by atoms with Crippen LogP contribution in [0.5, 0.6) is 0 Å². The molecule has 1 unspecified atom stereocenters. The molecule has 9 nitrogen and oxygen atoms in total. The first-order valence-electron chi connectivity index (χ1n) is 6.33. The van der Waals surface area contributed by atoms with E-state index in [0.717, 1.165) is 0 Å². The number of thioether (sulfide) groups is 1. The van der Waals surface area contributed by atoms with Crippen molar-refractivity contribution in [3.63, 3.8) is 0 Å². The minimum absolute atomic E-state index is 0.0388. The number of rotatable bonds is 4. The number of nitro benzene ring substituents is 1. The van der Waals surface area contributed by atoms with Crippen molar-refractivity contribution in [3.05, 3.63) is 34.4 Å². The van der Waals surface area contributed by atoms with Gasteiger partial charge < -0.3 is 0 Å². The van der Waals surface area contributed by atoms with Gasteiger partial charge in [0.15, 0.2) is 9.84 Å². The first kappa shape index (κ1) is 17.2. The van der Waals surface area contributed by atoms with Gasteiger partial charge in [0.2, 0.25) is 0 Å². The highest BCUT2D eigenvalue weighted by Crippen LogP contribution is 2.21. The normalized spacial score (nSPS) is 21.1. The van der Waals surface area contributed by atoms with Crippen molar-refractivity contribution in [1.82, 2.24) is 0 Å². The molecule has 23 heavy (non-hydrogen) atoms. The molecule has 1 fully saturated rings. The number of nitrogens with one attached hydrogen (secondary N) is 1. The smallest absolute Gasteiger partial charge is 0.298 e. The van der Waals surface area contributed by atoms with Gasteiger partial charge in [-0.2, -0.15) is 11.8 Å². The topological polar surface area (TPSA) is 128 Å². The molecule has 1 atom stereocenters. The molecular formula is C12H13N3O6S2. The first-order chi connectivity index (χ1) is 10.8. The third-order valence-corrected chi connectivity index (χ3v) is 5.77. The predicted molar refractivity (Wildman–Crippen MR) is 86.6 cm³/mol. The van der Waals surface area contributed by atoms with Crippen LogP contribution in [-0.4, -0.2) is 48.2 Å². The number of benzene rings is 1. The van der Waals surface area contributed by atoms with Crippen LogP contribution in [-0.2, 0) is 14.7 Å². The number of sulfone groups is 1. The van der Waals surface area contributed by atoms with Crippen LogP contribution in [0, 0.1) is 10.1 Å². The van der Waals surface area contributed by atoms with Gasteiger partial charge in [-0.05, 0) is 12.3 Å². The molecule has 0 bridgehead atoms. The van der Waals surface area contributed by atoms with E-state index >= 15 is 0 Å². The minimum Gasteiger partial charge on any atom is -0.298 e. The average Bonchev–Trinajstić information content (AvgIpc) is 2.79. The largest absolute Gasteiger partial charge is 0.437 e. The molecule has 0 spiro atoms. The van der Waals surface area contributed by atoms with Gasteiger partial charge >= 0.3 is 6.09 Å². The summed E-state index contributed by atoms with van der Waals surface area (Å²) in [4.78, 5) is 26.3. The monoisotopic (exact) mass is 359 g/mol. The lowest BCUT2D eigenvalue weighted by Gasteiger charge is -2.05. The Bertz CT molecular complexity index is 762. The minimum atomic E-state index is -3.22. The zero-order chi connectivity index (χ0) is 17.0. The van der Waals surface area contributed by atoms with E-state index < -0.39 is 20.9 Å². The van der Waals surface area contributed by atoms with Crippen LogP contribution < -0.4 is 5.32 Å². The van der Waals surface area contributed by atoms with Crippen molar-refractivity contribution < 1.29 is 23.0 Å². The number of hydrogen-bond acceptors (Lipinski definition) is 8. The van der Waals surface area contributed by atoms with Gasteiger partial charge in [0, 0.05) is 12.1 Å². The molecule has 1 aliphatic rings. The summed E-state index contributed by atoms with van der Waals surface area (Å²) >= 11 is 1.31. The van der Waals surface area contributed by atoms with E-state index in [4.69, 9.17) is 0 Å². The third kappa shape index (κ3) is 4.66. The number of oxime groups is 1. The fourth-order valence-electron chi connectivity index (χ4n) is 1.93. The maximum Gasteiger partial charge on any atom is 0.437 e. The van der Waals surface area contributed by atoms with Crippen molar-refractivity contribution in [2.24, 2.45) is 5.16 Å². The summed E-state index contributed by atoms with van der Waals surface area (Å²) in [6, 6.07) is 5.31. The van der Waals surface area contributed by atoms with E-state index in [1.807, 2.05) is 0 Å². The van der Waals surface area contributed by atoms with E-state index in [1.54, 1.807) is 6.26 Å². The van der Waals surface area contributed by atoms with Crippen LogP contribution in [0.25, 0.3) is 0 Å². The lowest BCUT2D eigenvalue weighted by Crippen LogP contribution is -2.17. The predicted octanol–water partition coefficient (Wildman–Crippen LogP) is 1.66. The van der Waals surface area contributed by atoms with Gasteiger partial charge in [-0.1, -0.05) is 11.2 Å². The number of carbonyl (C=O) groups is 1. The van der Waals surface area contributed by atoms with Crippen LogP contribution in [0.3, 0.4) is 0 Å². The van der Waals surface area contributed by atoms with Crippen molar-refractivity contribution in [2.45, 2.75) is 5.25 Å². The van der Waals surface area contributed by atoms with Crippen LogP contribution in [0.1, 0.15) is 0 Å². The maximum absolute atomic E-state index is 11.6. The molecule has 1 heterocycles. The molecule has 0 saturated carbocycles. The highest BCUT2D eigenvalue weighted by Gasteiger charge is 2.34. The highest BCUT2D eigenvalue weighted by atomic mass is 32.2. The lowest BCUT2D eigenvalue weighted by atomic mass is 10.3. The van der Waals surface area contributed by atoms with Gasteiger partial charge in [-0.15, -0.1) is 0 Å². The summed E-state index contributed by atoms with van der Waals surface area (Å²) in [6.07, 6.45) is 0.784. The Hall–Kier alpha value is -2.14. The van der Waals surface area contributed by atoms with Crippen molar-refractivity contribution in [1.29, 1.82) is 0 Å². The Kier molecular flexibility index (Phi) is 5.21. The second kappa shape index (κ2) is 6.96. The molecule has 1 aromatic rings. The fourth-order valence-corrected chi connectivity index (χ4v) is 5.08. The number of nitro groups is 1. The molecule has 1 N–H and O–H groups in total. The molecule has 1 amide bonds. The maximum atomic E-state index is 11.6. The third-order valence-electron chi connectivity index (χ3n) is 2.98. The lowest BCUT2D eigenvalue weighted by molar-refractivity contribution is -0.384. The summed E-state index contributed by atoms with van der Waals surface area (Å²) < 4.78 is 23.1. The van der Waals surface area contributed by atoms with E-state index in [0.29, 0.717) is 0 Å². The number of hydrogen-bond donors (Lipinski definition) is 1. The van der Waals surface area contributed by atoms with Crippen LogP contribution >= 0.6 is 11.8 Å². The second-order valence-corrected chi connectivity index (χ2v) is 7.82. The summed E-state index contributed by atoms with van der Waals surface area (Å²) in [6.45, 7) is 0. The molecule has 0 radical (unpaired) electrons. The van der Waals surface area contributed by atoms with Gasteiger partial charge in [-0.25, -0.2) is 13.2 Å². The first-order valence-corrected chi connectivity index (χ1v) is 9.44. The van der Waals surface area contributed by atoms with Gasteiger partial charge in [0.1, 0.15) is 0 Å². The number of anilines is 1. The van der Waals surface area contributed by atoms with Crippen molar-refractivity contribution in [3.8, 4) is 0 Å². The zero-order valence-corrected chi connectivity index (χ0v) is 13.6. The molecule has 1 aromatic carbocycles. The Balaban J connectivity index is 2.01. The van der Waals surface area contributed by atoms with Crippen molar-refractivity contribution >= 4 is 44.8 Å². The van der Waals surface area contributed by atoms with Gasteiger partial charge in [0.25, 0.3) is 5.69 Å². The average molecular weight is 359 g/mol. The Morgan fingerprint density at radius 1 is 1.52 bits per heavy atom. The number of amides is 1. The number of nitrogens with zero attached hydrogens (tertiary/aromatic N) is 2. The van der Waals surface area contributed by atoms with Gasteiger partial charge in [-0.3, -0.25) is 20.3 Å². The standard InChI is InChI=1S/C12H13N3O6S2/c1-22-11-7-23(19,20)6-10(11)14-21-12(16)13-8-3-2-4-9(5-8)15(17)18/h2-5,11H,6-7H2,1H3,(H,13,16)/b14-10-. The van der Waals surface area contributed by atoms with Crippen LogP contribution in [0.2, 0.25) is 0 Å². The fraction of sp³-hybridized carbons (Fsp3) is 0.333. The summed E-state index contributed by atoms with van der Waals surface area (Å²) in [5.41, 5.74) is 0.259.